The number of anilines is 1. The summed E-state index contributed by atoms with van der Waals surface area (Å²) >= 11 is 0. The van der Waals surface area contributed by atoms with E-state index in [0.29, 0.717) is 4.90 Å². The van der Waals surface area contributed by atoms with Gasteiger partial charge in [-0.05, 0) is 18.2 Å². The van der Waals surface area contributed by atoms with Crippen molar-refractivity contribution in [1.82, 2.24) is 0 Å². The van der Waals surface area contributed by atoms with E-state index < -0.39 is 43.7 Å². The summed E-state index contributed by atoms with van der Waals surface area (Å²) in [6, 6.07) is 7.13. The van der Waals surface area contributed by atoms with Crippen molar-refractivity contribution in [2.75, 3.05) is 4.90 Å². The summed E-state index contributed by atoms with van der Waals surface area (Å²) in [5.41, 5.74) is 4.58. The van der Waals surface area contributed by atoms with E-state index in [9.17, 15) is 33.2 Å². The maximum atomic E-state index is 13.1. The highest BCUT2D eigenvalue weighted by Crippen LogP contribution is 2.47. The third kappa shape index (κ3) is 2.87. The first-order valence-electron chi connectivity index (χ1n) is 7.55. The minimum Gasteiger partial charge on any atom is -0.480 e. The number of amides is 2. The molecule has 0 aliphatic carbocycles. The van der Waals surface area contributed by atoms with E-state index in [1.54, 1.807) is 6.07 Å². The topological polar surface area (TPSA) is 161 Å². The lowest BCUT2D eigenvalue weighted by Gasteiger charge is -2.23. The molecule has 1 aliphatic heterocycles. The average Bonchev–Trinajstić information content (AvgIpc) is 2.98. The number of benzene rings is 2. The molecule has 27 heavy (non-hydrogen) atoms. The van der Waals surface area contributed by atoms with Crippen molar-refractivity contribution in [1.29, 1.82) is 0 Å². The molecule has 2 atom stereocenters. The number of hydrogen-bond donors (Lipinski definition) is 2. The zero-order chi connectivity index (χ0) is 19.9. The Balaban J connectivity index is 2.31. The zero-order valence-corrected chi connectivity index (χ0v) is 14.4. The van der Waals surface area contributed by atoms with Gasteiger partial charge in [-0.25, -0.2) is 18.0 Å². The van der Waals surface area contributed by atoms with Gasteiger partial charge in [0, 0.05) is 17.7 Å². The molecule has 0 bridgehead atoms. The molecule has 2 aromatic rings. The Bertz CT molecular complexity index is 1050. The van der Waals surface area contributed by atoms with Gasteiger partial charge in [-0.3, -0.25) is 15.0 Å². The number of carboxylic acid groups (broad SMARTS) is 1. The second-order valence-electron chi connectivity index (χ2n) is 5.77. The first-order valence-corrected chi connectivity index (χ1v) is 9.09. The van der Waals surface area contributed by atoms with E-state index >= 15 is 0 Å². The number of rotatable bonds is 4. The Morgan fingerprint density at radius 3 is 2.30 bits per heavy atom. The van der Waals surface area contributed by atoms with Crippen molar-refractivity contribution in [3.05, 3.63) is 64.2 Å². The third-order valence-electron chi connectivity index (χ3n) is 4.25. The molecule has 3 rings (SSSR count). The average molecular weight is 391 g/mol. The zero-order valence-electron chi connectivity index (χ0n) is 13.6. The Kier molecular flexibility index (Phi) is 4.31. The van der Waals surface area contributed by atoms with Crippen LogP contribution in [0.25, 0.3) is 0 Å². The van der Waals surface area contributed by atoms with Crippen LogP contribution in [0.15, 0.2) is 53.4 Å². The fourth-order valence-electron chi connectivity index (χ4n) is 3.15. The molecule has 0 aromatic heterocycles. The molecule has 0 radical (unpaired) electrons. The quantitative estimate of drug-likeness (QED) is 0.589. The molecule has 2 amide bonds. The van der Waals surface area contributed by atoms with Crippen LogP contribution in [0, 0.1) is 10.1 Å². The summed E-state index contributed by atoms with van der Waals surface area (Å²) < 4.78 is 26.3. The summed E-state index contributed by atoms with van der Waals surface area (Å²) in [4.78, 5) is 34.5. The molecule has 10 nitrogen and oxygen atoms in total. The molecule has 0 fully saturated rings. The monoisotopic (exact) mass is 391 g/mol. The van der Waals surface area contributed by atoms with Crippen LogP contribution in [0.2, 0.25) is 0 Å². The molecule has 0 saturated heterocycles. The number of urea groups is 1. The second-order valence-corrected chi connectivity index (χ2v) is 7.84. The number of nitro groups is 1. The minimum absolute atomic E-state index is 0.0926. The number of primary amides is 1. The van der Waals surface area contributed by atoms with Crippen molar-refractivity contribution >= 4 is 33.2 Å². The van der Waals surface area contributed by atoms with Gasteiger partial charge in [0.2, 0.25) is 0 Å². The van der Waals surface area contributed by atoms with Gasteiger partial charge in [0.1, 0.15) is 5.25 Å². The summed E-state index contributed by atoms with van der Waals surface area (Å²) in [7, 11) is -4.31. The van der Waals surface area contributed by atoms with Crippen LogP contribution >= 0.6 is 0 Å². The molecule has 1 aliphatic rings. The summed E-state index contributed by atoms with van der Waals surface area (Å²) in [5, 5.41) is 19.0. The van der Waals surface area contributed by atoms with E-state index in [1.165, 1.54) is 24.3 Å². The molecule has 0 spiro atoms. The van der Waals surface area contributed by atoms with E-state index in [2.05, 4.69) is 0 Å². The third-order valence-corrected chi connectivity index (χ3v) is 6.36. The summed E-state index contributed by atoms with van der Waals surface area (Å²) in [6.45, 7) is 0. The Labute approximate surface area is 152 Å². The number of carbonyl (C=O) groups is 2. The first-order chi connectivity index (χ1) is 12.7. The molecule has 2 aromatic carbocycles. The van der Waals surface area contributed by atoms with Gasteiger partial charge in [0.05, 0.1) is 15.5 Å². The number of carbonyl (C=O) groups excluding carboxylic acids is 1. The SMILES string of the molecule is NC(=O)N1c2ccc([N+](=O)[O-])cc2C(S(=O)(=O)c2ccccc2)C1C(=O)O. The Morgan fingerprint density at radius 2 is 1.78 bits per heavy atom. The lowest BCUT2D eigenvalue weighted by atomic mass is 10.1. The van der Waals surface area contributed by atoms with E-state index in [4.69, 9.17) is 5.73 Å². The largest absolute Gasteiger partial charge is 0.480 e. The van der Waals surface area contributed by atoms with Gasteiger partial charge in [0.25, 0.3) is 5.69 Å². The first kappa shape index (κ1) is 18.3. The van der Waals surface area contributed by atoms with Crippen molar-refractivity contribution in [3.63, 3.8) is 0 Å². The highest BCUT2D eigenvalue weighted by Gasteiger charge is 2.52. The van der Waals surface area contributed by atoms with E-state index in [1.807, 2.05) is 0 Å². The van der Waals surface area contributed by atoms with Gasteiger partial charge >= 0.3 is 12.0 Å². The number of fused-ring (bicyclic) bond motifs is 1. The number of nitro benzene ring substituents is 1. The normalized spacial score (nSPS) is 18.7. The van der Waals surface area contributed by atoms with Gasteiger partial charge < -0.3 is 10.8 Å². The number of nitrogens with two attached hydrogens (primary N) is 1. The highest BCUT2D eigenvalue weighted by atomic mass is 32.2. The minimum atomic E-state index is -4.31. The van der Waals surface area contributed by atoms with Crippen LogP contribution in [-0.2, 0) is 14.6 Å². The van der Waals surface area contributed by atoms with Crippen LogP contribution in [0.1, 0.15) is 10.8 Å². The molecule has 140 valence electrons. The molecule has 0 saturated carbocycles. The fraction of sp³-hybridized carbons (Fsp3) is 0.125. The van der Waals surface area contributed by atoms with Crippen molar-refractivity contribution < 1.29 is 28.0 Å². The van der Waals surface area contributed by atoms with Crippen LogP contribution in [0.5, 0.6) is 0 Å². The molecular weight excluding hydrogens is 378 g/mol. The molecule has 1 heterocycles. The van der Waals surface area contributed by atoms with Gasteiger partial charge in [-0.1, -0.05) is 18.2 Å². The van der Waals surface area contributed by atoms with Crippen LogP contribution in [0.4, 0.5) is 16.2 Å². The maximum absolute atomic E-state index is 13.1. The Morgan fingerprint density at radius 1 is 1.15 bits per heavy atom. The summed E-state index contributed by atoms with van der Waals surface area (Å²) in [6.07, 6.45) is 0. The van der Waals surface area contributed by atoms with Gasteiger partial charge in [-0.2, -0.15) is 0 Å². The molecule has 3 N–H and O–H groups in total. The van der Waals surface area contributed by atoms with Crippen LogP contribution in [-0.4, -0.2) is 36.5 Å². The van der Waals surface area contributed by atoms with Gasteiger partial charge in [-0.15, -0.1) is 0 Å². The maximum Gasteiger partial charge on any atom is 0.328 e. The fourth-order valence-corrected chi connectivity index (χ4v) is 5.08. The lowest BCUT2D eigenvalue weighted by Crippen LogP contribution is -2.48. The number of aliphatic carboxylic acids is 1. The summed E-state index contributed by atoms with van der Waals surface area (Å²) in [5.74, 6) is -1.60. The predicted octanol–water partition coefficient (Wildman–Crippen LogP) is 1.46. The number of non-ortho nitro benzene ring substituents is 1. The molecular formula is C16H13N3O7S. The molecule has 11 heteroatoms. The van der Waals surface area contributed by atoms with Crippen molar-refractivity contribution in [2.24, 2.45) is 5.73 Å². The van der Waals surface area contributed by atoms with E-state index in [0.717, 1.165) is 18.2 Å². The number of nitrogens with zero attached hydrogens (tertiary/aromatic N) is 2. The number of hydrogen-bond acceptors (Lipinski definition) is 6. The smallest absolute Gasteiger partial charge is 0.328 e. The van der Waals surface area contributed by atoms with Crippen molar-refractivity contribution in [2.45, 2.75) is 16.2 Å². The number of carboxylic acids is 1. The predicted molar refractivity (Wildman–Crippen MR) is 93.0 cm³/mol. The second kappa shape index (κ2) is 6.36. The van der Waals surface area contributed by atoms with Crippen LogP contribution < -0.4 is 10.6 Å². The number of sulfone groups is 1. The standard InChI is InChI=1S/C16H13N3O7S/c17-16(22)18-12-7-6-9(19(23)24)8-11(12)14(13(18)15(20)21)27(25,26)10-4-2-1-3-5-10/h1-8,13-14H,(H2,17,22)(H,20,21). The lowest BCUT2D eigenvalue weighted by molar-refractivity contribution is -0.384. The molecule has 2 unspecified atom stereocenters. The Hall–Kier alpha value is -3.47. The van der Waals surface area contributed by atoms with Gasteiger partial charge in [0.15, 0.2) is 15.9 Å². The van der Waals surface area contributed by atoms with E-state index in [-0.39, 0.29) is 16.1 Å². The van der Waals surface area contributed by atoms with Crippen LogP contribution in [0.3, 0.4) is 0 Å². The van der Waals surface area contributed by atoms with Crippen molar-refractivity contribution in [3.8, 4) is 0 Å². The highest BCUT2D eigenvalue weighted by molar-refractivity contribution is 7.91.